The summed E-state index contributed by atoms with van der Waals surface area (Å²) in [4.78, 5) is 13.6. The van der Waals surface area contributed by atoms with Crippen LogP contribution < -0.4 is 4.90 Å². The second kappa shape index (κ2) is 6.75. The standard InChI is InChI=1S/C17H16FNO3S/c1-19(15-8-3-4-9-16(15)23(2,21)22)17(20)11-10-13-6-5-7-14(18)12-13/h3-12H,1-2H3. The maximum Gasteiger partial charge on any atom is 0.250 e. The van der Waals surface area contributed by atoms with Crippen molar-refractivity contribution in [2.45, 2.75) is 4.90 Å². The maximum absolute atomic E-state index is 13.1. The van der Waals surface area contributed by atoms with E-state index in [1.54, 1.807) is 30.3 Å². The van der Waals surface area contributed by atoms with Crippen LogP contribution in [0.25, 0.3) is 6.08 Å². The molecule has 0 spiro atoms. The van der Waals surface area contributed by atoms with Gasteiger partial charge in [0.1, 0.15) is 5.82 Å². The lowest BCUT2D eigenvalue weighted by atomic mass is 10.2. The number of hydrogen-bond acceptors (Lipinski definition) is 3. The Morgan fingerprint density at radius 3 is 2.48 bits per heavy atom. The molecule has 1 amide bonds. The van der Waals surface area contributed by atoms with Gasteiger partial charge in [-0.1, -0.05) is 24.3 Å². The van der Waals surface area contributed by atoms with E-state index in [-0.39, 0.29) is 4.90 Å². The third kappa shape index (κ3) is 4.26. The predicted octanol–water partition coefficient (Wildman–Crippen LogP) is 2.91. The van der Waals surface area contributed by atoms with Crippen LogP contribution in [0.4, 0.5) is 10.1 Å². The molecule has 120 valence electrons. The fraction of sp³-hybridized carbons (Fsp3) is 0.118. The average Bonchev–Trinajstić information content (AvgIpc) is 2.51. The summed E-state index contributed by atoms with van der Waals surface area (Å²) in [6, 6.07) is 12.1. The minimum atomic E-state index is -3.45. The van der Waals surface area contributed by atoms with E-state index in [0.29, 0.717) is 11.3 Å². The van der Waals surface area contributed by atoms with Crippen molar-refractivity contribution in [3.8, 4) is 0 Å². The minimum absolute atomic E-state index is 0.0787. The monoisotopic (exact) mass is 333 g/mol. The van der Waals surface area contributed by atoms with Crippen molar-refractivity contribution in [3.63, 3.8) is 0 Å². The minimum Gasteiger partial charge on any atom is -0.311 e. The van der Waals surface area contributed by atoms with Gasteiger partial charge in [0.25, 0.3) is 5.91 Å². The van der Waals surface area contributed by atoms with Crippen molar-refractivity contribution < 1.29 is 17.6 Å². The molecular weight excluding hydrogens is 317 g/mol. The highest BCUT2D eigenvalue weighted by molar-refractivity contribution is 7.90. The van der Waals surface area contributed by atoms with Crippen LogP contribution in [-0.2, 0) is 14.6 Å². The van der Waals surface area contributed by atoms with Gasteiger partial charge < -0.3 is 4.90 Å². The molecule has 0 radical (unpaired) electrons. The quantitative estimate of drug-likeness (QED) is 0.809. The molecule has 0 aliphatic carbocycles. The molecule has 23 heavy (non-hydrogen) atoms. The Kier molecular flexibility index (Phi) is 4.95. The van der Waals surface area contributed by atoms with E-state index < -0.39 is 21.6 Å². The number of carbonyl (C=O) groups excluding carboxylic acids is 1. The van der Waals surface area contributed by atoms with Gasteiger partial charge in [0.15, 0.2) is 9.84 Å². The van der Waals surface area contributed by atoms with E-state index >= 15 is 0 Å². The van der Waals surface area contributed by atoms with Crippen LogP contribution in [0.3, 0.4) is 0 Å². The van der Waals surface area contributed by atoms with Crippen LogP contribution in [0.5, 0.6) is 0 Å². The van der Waals surface area contributed by atoms with Gasteiger partial charge in [-0.3, -0.25) is 4.79 Å². The first kappa shape index (κ1) is 16.9. The molecule has 0 heterocycles. The van der Waals surface area contributed by atoms with Crippen LogP contribution in [-0.4, -0.2) is 27.6 Å². The van der Waals surface area contributed by atoms with E-state index in [4.69, 9.17) is 0 Å². The van der Waals surface area contributed by atoms with Crippen LogP contribution in [0.1, 0.15) is 5.56 Å². The first-order valence-corrected chi connectivity index (χ1v) is 8.68. The molecule has 0 saturated heterocycles. The fourth-order valence-electron chi connectivity index (χ4n) is 2.06. The third-order valence-corrected chi connectivity index (χ3v) is 4.37. The summed E-state index contributed by atoms with van der Waals surface area (Å²) < 4.78 is 36.7. The van der Waals surface area contributed by atoms with Crippen molar-refractivity contribution >= 4 is 27.5 Å². The Hall–Kier alpha value is -2.47. The fourth-order valence-corrected chi connectivity index (χ4v) is 2.97. The Bertz CT molecular complexity index is 860. The highest BCUT2D eigenvalue weighted by Crippen LogP contribution is 2.24. The van der Waals surface area contributed by atoms with Crippen LogP contribution in [0.15, 0.2) is 59.5 Å². The third-order valence-electron chi connectivity index (χ3n) is 3.22. The molecule has 0 unspecified atom stereocenters. The van der Waals surface area contributed by atoms with Gasteiger partial charge in [-0.2, -0.15) is 0 Å². The molecule has 6 heteroatoms. The van der Waals surface area contributed by atoms with E-state index in [0.717, 1.165) is 6.26 Å². The lowest BCUT2D eigenvalue weighted by Crippen LogP contribution is -2.25. The van der Waals surface area contributed by atoms with Gasteiger partial charge in [-0.25, -0.2) is 12.8 Å². The Balaban J connectivity index is 2.27. The highest BCUT2D eigenvalue weighted by Gasteiger charge is 2.18. The summed E-state index contributed by atoms with van der Waals surface area (Å²) in [6.07, 6.45) is 3.84. The molecule has 2 aromatic carbocycles. The normalized spacial score (nSPS) is 11.6. The molecule has 0 atom stereocenters. The predicted molar refractivity (Wildman–Crippen MR) is 88.4 cm³/mol. The molecule has 2 rings (SSSR count). The van der Waals surface area contributed by atoms with Gasteiger partial charge in [0.05, 0.1) is 10.6 Å². The average molecular weight is 333 g/mol. The van der Waals surface area contributed by atoms with E-state index in [1.165, 1.54) is 42.3 Å². The van der Waals surface area contributed by atoms with Crippen LogP contribution >= 0.6 is 0 Å². The zero-order valence-corrected chi connectivity index (χ0v) is 13.5. The van der Waals surface area contributed by atoms with Gasteiger partial charge in [0, 0.05) is 19.4 Å². The maximum atomic E-state index is 13.1. The lowest BCUT2D eigenvalue weighted by Gasteiger charge is -2.18. The largest absolute Gasteiger partial charge is 0.311 e. The number of rotatable bonds is 4. The number of likely N-dealkylation sites (N-methyl/N-ethyl adjacent to an activating group) is 1. The summed E-state index contributed by atoms with van der Waals surface area (Å²) in [5.41, 5.74) is 0.840. The summed E-state index contributed by atoms with van der Waals surface area (Å²) >= 11 is 0. The number of para-hydroxylation sites is 1. The number of sulfone groups is 1. The number of benzene rings is 2. The number of hydrogen-bond donors (Lipinski definition) is 0. The summed E-state index contributed by atoms with van der Waals surface area (Å²) in [6.45, 7) is 0. The second-order valence-corrected chi connectivity index (χ2v) is 7.01. The summed E-state index contributed by atoms with van der Waals surface area (Å²) in [5, 5.41) is 0. The molecule has 0 fully saturated rings. The van der Waals surface area contributed by atoms with Gasteiger partial charge in [-0.05, 0) is 35.9 Å². The molecular formula is C17H16FNO3S. The number of halogens is 1. The Morgan fingerprint density at radius 1 is 1.13 bits per heavy atom. The SMILES string of the molecule is CN(C(=O)C=Cc1cccc(F)c1)c1ccccc1S(C)(=O)=O. The van der Waals surface area contributed by atoms with Crippen molar-refractivity contribution in [1.29, 1.82) is 0 Å². The van der Waals surface area contributed by atoms with Gasteiger partial charge >= 0.3 is 0 Å². The van der Waals surface area contributed by atoms with E-state index in [2.05, 4.69) is 0 Å². The molecule has 4 nitrogen and oxygen atoms in total. The van der Waals surface area contributed by atoms with Crippen molar-refractivity contribution in [2.75, 3.05) is 18.2 Å². The topological polar surface area (TPSA) is 54.5 Å². The number of carbonyl (C=O) groups is 1. The number of nitrogens with zero attached hydrogens (tertiary/aromatic N) is 1. The Morgan fingerprint density at radius 2 is 1.83 bits per heavy atom. The Labute approximate surface area is 134 Å². The molecule has 2 aromatic rings. The molecule has 0 aromatic heterocycles. The van der Waals surface area contributed by atoms with Gasteiger partial charge in [0.2, 0.25) is 0 Å². The zero-order valence-electron chi connectivity index (χ0n) is 12.7. The first-order valence-electron chi connectivity index (χ1n) is 6.79. The number of anilines is 1. The zero-order chi connectivity index (χ0) is 17.0. The lowest BCUT2D eigenvalue weighted by molar-refractivity contribution is -0.113. The second-order valence-electron chi connectivity index (χ2n) is 5.03. The van der Waals surface area contributed by atoms with Crippen LogP contribution in [0, 0.1) is 5.82 Å². The number of amides is 1. The molecule has 0 N–H and O–H groups in total. The smallest absolute Gasteiger partial charge is 0.250 e. The molecule has 0 bridgehead atoms. The molecule has 0 saturated carbocycles. The molecule has 0 aliphatic rings. The van der Waals surface area contributed by atoms with Gasteiger partial charge in [-0.15, -0.1) is 0 Å². The van der Waals surface area contributed by atoms with Crippen molar-refractivity contribution in [2.24, 2.45) is 0 Å². The first-order chi connectivity index (χ1) is 10.8. The van der Waals surface area contributed by atoms with E-state index in [1.807, 2.05) is 0 Å². The van der Waals surface area contributed by atoms with E-state index in [9.17, 15) is 17.6 Å². The highest BCUT2D eigenvalue weighted by atomic mass is 32.2. The summed E-state index contributed by atoms with van der Waals surface area (Å²) in [5.74, 6) is -0.805. The van der Waals surface area contributed by atoms with Crippen molar-refractivity contribution in [3.05, 3.63) is 66.0 Å². The van der Waals surface area contributed by atoms with Crippen LogP contribution in [0.2, 0.25) is 0 Å². The molecule has 0 aliphatic heterocycles. The summed E-state index contributed by atoms with van der Waals surface area (Å²) in [7, 11) is -1.96. The van der Waals surface area contributed by atoms with Crippen molar-refractivity contribution in [1.82, 2.24) is 0 Å².